The Morgan fingerprint density at radius 3 is 2.70 bits per heavy atom. The molecule has 23 heavy (non-hydrogen) atoms. The monoisotopic (exact) mass is 318 g/mol. The summed E-state index contributed by atoms with van der Waals surface area (Å²) in [5.41, 5.74) is 2.16. The van der Waals surface area contributed by atoms with Crippen molar-refractivity contribution in [2.24, 2.45) is 5.41 Å². The molecule has 0 bridgehead atoms. The molecule has 1 amide bonds. The van der Waals surface area contributed by atoms with Crippen LogP contribution in [-0.4, -0.2) is 17.7 Å². The Kier molecular flexibility index (Phi) is 5.23. The molecular formula is C19H30N2O2. The number of rotatable bonds is 4. The highest BCUT2D eigenvalue weighted by atomic mass is 16.6. The van der Waals surface area contributed by atoms with Gasteiger partial charge in [-0.1, -0.05) is 26.0 Å². The van der Waals surface area contributed by atoms with E-state index < -0.39 is 5.60 Å². The molecule has 0 saturated heterocycles. The smallest absolute Gasteiger partial charge is 0.407 e. The topological polar surface area (TPSA) is 50.4 Å². The third kappa shape index (κ3) is 6.12. The van der Waals surface area contributed by atoms with Crippen LogP contribution in [0.25, 0.3) is 0 Å². The number of carbonyl (C=O) groups excluding carboxylic acids is 1. The van der Waals surface area contributed by atoms with E-state index in [4.69, 9.17) is 4.74 Å². The van der Waals surface area contributed by atoms with Crippen LogP contribution >= 0.6 is 0 Å². The fraction of sp³-hybridized carbons (Fsp3) is 0.632. The average Bonchev–Trinajstić information content (AvgIpc) is 2.74. The van der Waals surface area contributed by atoms with Crippen molar-refractivity contribution in [3.8, 4) is 0 Å². The molecule has 128 valence electrons. The van der Waals surface area contributed by atoms with E-state index in [1.54, 1.807) is 0 Å². The van der Waals surface area contributed by atoms with E-state index >= 15 is 0 Å². The summed E-state index contributed by atoms with van der Waals surface area (Å²) in [6.07, 6.45) is 3.30. The third-order valence-electron chi connectivity index (χ3n) is 4.10. The summed E-state index contributed by atoms with van der Waals surface area (Å²) >= 11 is 0. The summed E-state index contributed by atoms with van der Waals surface area (Å²) in [5, 5.41) is 6.42. The van der Waals surface area contributed by atoms with Gasteiger partial charge in [-0.05, 0) is 63.1 Å². The second-order valence-corrected chi connectivity index (χ2v) is 8.30. The van der Waals surface area contributed by atoms with Crippen molar-refractivity contribution in [3.63, 3.8) is 0 Å². The van der Waals surface area contributed by atoms with Gasteiger partial charge >= 0.3 is 6.09 Å². The van der Waals surface area contributed by atoms with Gasteiger partial charge in [-0.2, -0.15) is 0 Å². The van der Waals surface area contributed by atoms with Gasteiger partial charge in [-0.15, -0.1) is 0 Å². The largest absolute Gasteiger partial charge is 0.444 e. The molecule has 2 rings (SSSR count). The van der Waals surface area contributed by atoms with Crippen molar-refractivity contribution in [3.05, 3.63) is 29.8 Å². The minimum atomic E-state index is -0.469. The van der Waals surface area contributed by atoms with Gasteiger partial charge in [0.1, 0.15) is 5.60 Å². The lowest BCUT2D eigenvalue weighted by atomic mass is 9.92. The molecule has 0 radical (unpaired) electrons. The molecule has 0 aliphatic heterocycles. The maximum atomic E-state index is 11.7. The number of carbonyl (C=O) groups is 1. The molecule has 1 aromatic carbocycles. The lowest BCUT2D eigenvalue weighted by Gasteiger charge is -2.20. The summed E-state index contributed by atoms with van der Waals surface area (Å²) in [7, 11) is 0. The third-order valence-corrected chi connectivity index (χ3v) is 4.10. The minimum Gasteiger partial charge on any atom is -0.444 e. The van der Waals surface area contributed by atoms with Gasteiger partial charge < -0.3 is 15.4 Å². The Hall–Kier alpha value is -1.71. The van der Waals surface area contributed by atoms with Gasteiger partial charge in [0, 0.05) is 18.3 Å². The highest BCUT2D eigenvalue weighted by Gasteiger charge is 2.30. The fourth-order valence-electron chi connectivity index (χ4n) is 3.05. The highest BCUT2D eigenvalue weighted by molar-refractivity contribution is 5.67. The fourth-order valence-corrected chi connectivity index (χ4v) is 3.05. The van der Waals surface area contributed by atoms with Crippen molar-refractivity contribution >= 4 is 11.8 Å². The predicted octanol–water partition coefficient (Wildman–Crippen LogP) is 4.70. The minimum absolute atomic E-state index is 0.381. The van der Waals surface area contributed by atoms with E-state index in [-0.39, 0.29) is 6.09 Å². The first-order chi connectivity index (χ1) is 10.6. The first-order valence-corrected chi connectivity index (χ1v) is 8.45. The Morgan fingerprint density at radius 2 is 2.09 bits per heavy atom. The van der Waals surface area contributed by atoms with Gasteiger partial charge in [0.2, 0.25) is 0 Å². The van der Waals surface area contributed by atoms with E-state index in [0.29, 0.717) is 18.0 Å². The number of hydrogen-bond donors (Lipinski definition) is 2. The Labute approximate surface area is 140 Å². The molecular weight excluding hydrogens is 288 g/mol. The number of alkyl carbamates (subject to hydrolysis) is 1. The van der Waals surface area contributed by atoms with Crippen molar-refractivity contribution in [1.29, 1.82) is 0 Å². The zero-order valence-corrected chi connectivity index (χ0v) is 15.0. The molecule has 4 heteroatoms. The quantitative estimate of drug-likeness (QED) is 0.846. The molecule has 1 aliphatic carbocycles. The van der Waals surface area contributed by atoms with Crippen LogP contribution < -0.4 is 10.6 Å². The molecule has 1 aliphatic rings. The zero-order chi connectivity index (χ0) is 17.1. The van der Waals surface area contributed by atoms with Crippen molar-refractivity contribution < 1.29 is 9.53 Å². The lowest BCUT2D eigenvalue weighted by molar-refractivity contribution is 0.0523. The second kappa shape index (κ2) is 6.81. The van der Waals surface area contributed by atoms with Crippen molar-refractivity contribution in [2.45, 2.75) is 72.1 Å². The second-order valence-electron chi connectivity index (χ2n) is 8.30. The van der Waals surface area contributed by atoms with Gasteiger partial charge in [-0.3, -0.25) is 0 Å². The van der Waals surface area contributed by atoms with Gasteiger partial charge in [-0.25, -0.2) is 4.79 Å². The standard InChI is InChI=1S/C19H30N2O2/c1-18(2,3)23-17(22)20-13-14-7-6-8-15(11-14)21-16-9-10-19(4,5)12-16/h6-8,11,16,21H,9-10,12-13H2,1-5H3,(H,20,22). The maximum absolute atomic E-state index is 11.7. The van der Waals surface area contributed by atoms with Crippen LogP contribution in [-0.2, 0) is 11.3 Å². The first-order valence-electron chi connectivity index (χ1n) is 8.45. The van der Waals surface area contributed by atoms with Crippen LogP contribution in [0.5, 0.6) is 0 Å². The van der Waals surface area contributed by atoms with E-state index in [2.05, 4.69) is 36.6 Å². The number of amides is 1. The molecule has 1 atom stereocenters. The maximum Gasteiger partial charge on any atom is 0.407 e. The van der Waals surface area contributed by atoms with E-state index in [1.165, 1.54) is 19.3 Å². The van der Waals surface area contributed by atoms with Crippen molar-refractivity contribution in [2.75, 3.05) is 5.32 Å². The zero-order valence-electron chi connectivity index (χ0n) is 15.0. The number of hydrogen-bond acceptors (Lipinski definition) is 3. The van der Waals surface area contributed by atoms with Gasteiger partial charge in [0.25, 0.3) is 0 Å². The number of anilines is 1. The van der Waals surface area contributed by atoms with Crippen LogP contribution in [0.3, 0.4) is 0 Å². The van der Waals surface area contributed by atoms with E-state index in [9.17, 15) is 4.79 Å². The molecule has 1 aromatic rings. The van der Waals surface area contributed by atoms with Crippen LogP contribution in [0.2, 0.25) is 0 Å². The number of benzene rings is 1. The highest BCUT2D eigenvalue weighted by Crippen LogP contribution is 2.38. The van der Waals surface area contributed by atoms with Crippen LogP contribution in [0.15, 0.2) is 24.3 Å². The van der Waals surface area contributed by atoms with Crippen LogP contribution in [0, 0.1) is 5.41 Å². The summed E-state index contributed by atoms with van der Waals surface area (Å²) in [6.45, 7) is 10.7. The molecule has 0 spiro atoms. The summed E-state index contributed by atoms with van der Waals surface area (Å²) in [4.78, 5) is 11.7. The molecule has 4 nitrogen and oxygen atoms in total. The normalized spacial score (nSPS) is 20.1. The van der Waals surface area contributed by atoms with Gasteiger partial charge in [0.05, 0.1) is 0 Å². The summed E-state index contributed by atoms with van der Waals surface area (Å²) in [5.74, 6) is 0. The number of ether oxygens (including phenoxy) is 1. The van der Waals surface area contributed by atoms with Crippen molar-refractivity contribution in [1.82, 2.24) is 5.32 Å². The van der Waals surface area contributed by atoms with E-state index in [1.807, 2.05) is 32.9 Å². The molecule has 0 heterocycles. The molecule has 1 fully saturated rings. The van der Waals surface area contributed by atoms with Crippen LogP contribution in [0.4, 0.5) is 10.5 Å². The lowest BCUT2D eigenvalue weighted by Crippen LogP contribution is -2.32. The van der Waals surface area contributed by atoms with Crippen LogP contribution in [0.1, 0.15) is 59.4 Å². The SMILES string of the molecule is CC1(C)CCC(Nc2cccc(CNC(=O)OC(C)(C)C)c2)C1. The summed E-state index contributed by atoms with van der Waals surface area (Å²) < 4.78 is 5.25. The first kappa shape index (κ1) is 17.6. The van der Waals surface area contributed by atoms with Gasteiger partial charge in [0.15, 0.2) is 0 Å². The molecule has 1 saturated carbocycles. The molecule has 2 N–H and O–H groups in total. The Bertz CT molecular complexity index is 547. The summed E-state index contributed by atoms with van der Waals surface area (Å²) in [6, 6.07) is 8.76. The Balaban J connectivity index is 1.86. The molecule has 1 unspecified atom stereocenters. The predicted molar refractivity (Wildman–Crippen MR) is 94.6 cm³/mol. The molecule has 0 aromatic heterocycles. The van der Waals surface area contributed by atoms with E-state index in [0.717, 1.165) is 11.3 Å². The average molecular weight is 318 g/mol. The Morgan fingerprint density at radius 1 is 1.35 bits per heavy atom. The number of nitrogens with one attached hydrogen (secondary N) is 2.